The van der Waals surface area contributed by atoms with Crippen LogP contribution >= 0.6 is 11.6 Å². The molecule has 3 aromatic rings. The van der Waals surface area contributed by atoms with Crippen LogP contribution in [0, 0.1) is 0 Å². The highest BCUT2D eigenvalue weighted by atomic mass is 35.5. The van der Waals surface area contributed by atoms with E-state index in [0.29, 0.717) is 28.3 Å². The molecule has 28 heavy (non-hydrogen) atoms. The monoisotopic (exact) mass is 396 g/mol. The lowest BCUT2D eigenvalue weighted by molar-refractivity contribution is -0.119. The van der Waals surface area contributed by atoms with Gasteiger partial charge in [-0.05, 0) is 62.4 Å². The SMILES string of the molecule is CCN(C(=O)Cn1cnc2nc3c(cc2c1=O)CCCC3)c1cccc(Cl)c1. The molecule has 144 valence electrons. The number of fused-ring (bicyclic) bond motifs is 2. The third-order valence-corrected chi connectivity index (χ3v) is 5.37. The molecular weight excluding hydrogens is 376 g/mol. The van der Waals surface area contributed by atoms with Crippen LogP contribution in [0.3, 0.4) is 0 Å². The van der Waals surface area contributed by atoms with E-state index in [1.54, 1.807) is 23.1 Å². The molecule has 0 atom stereocenters. The van der Waals surface area contributed by atoms with Crippen LogP contribution in [0.5, 0.6) is 0 Å². The molecule has 1 aromatic carbocycles. The molecule has 0 spiro atoms. The summed E-state index contributed by atoms with van der Waals surface area (Å²) in [5, 5.41) is 1.03. The number of aromatic nitrogens is 3. The Kier molecular flexibility index (Phi) is 5.13. The average Bonchev–Trinajstić information content (AvgIpc) is 2.70. The number of hydrogen-bond donors (Lipinski definition) is 0. The van der Waals surface area contributed by atoms with Gasteiger partial charge in [0.15, 0.2) is 5.65 Å². The minimum atomic E-state index is -0.235. The highest BCUT2D eigenvalue weighted by Gasteiger charge is 2.18. The lowest BCUT2D eigenvalue weighted by atomic mass is 9.95. The molecule has 6 nitrogen and oxygen atoms in total. The maximum atomic E-state index is 12.9. The van der Waals surface area contributed by atoms with E-state index in [0.717, 1.165) is 36.9 Å². The summed E-state index contributed by atoms with van der Waals surface area (Å²) in [4.78, 5) is 36.3. The number of carbonyl (C=O) groups is 1. The van der Waals surface area contributed by atoms with E-state index in [4.69, 9.17) is 11.6 Å². The van der Waals surface area contributed by atoms with Crippen molar-refractivity contribution in [3.63, 3.8) is 0 Å². The Morgan fingerprint density at radius 3 is 2.86 bits per heavy atom. The molecule has 0 saturated carbocycles. The summed E-state index contributed by atoms with van der Waals surface area (Å²) in [7, 11) is 0. The number of likely N-dealkylation sites (N-methyl/N-ethyl adjacent to an activating group) is 1. The van der Waals surface area contributed by atoms with Gasteiger partial charge in [0.1, 0.15) is 12.9 Å². The Balaban J connectivity index is 1.66. The minimum absolute atomic E-state index is 0.0841. The van der Waals surface area contributed by atoms with Gasteiger partial charge >= 0.3 is 0 Å². The van der Waals surface area contributed by atoms with Crippen LogP contribution < -0.4 is 10.5 Å². The predicted molar refractivity (Wildman–Crippen MR) is 110 cm³/mol. The zero-order valence-electron chi connectivity index (χ0n) is 15.7. The van der Waals surface area contributed by atoms with E-state index >= 15 is 0 Å². The average molecular weight is 397 g/mol. The van der Waals surface area contributed by atoms with Crippen molar-refractivity contribution in [3.8, 4) is 0 Å². The number of hydrogen-bond acceptors (Lipinski definition) is 4. The molecule has 0 bridgehead atoms. The van der Waals surface area contributed by atoms with Crippen molar-refractivity contribution in [2.45, 2.75) is 39.2 Å². The number of amides is 1. The van der Waals surface area contributed by atoms with Gasteiger partial charge in [-0.3, -0.25) is 14.2 Å². The van der Waals surface area contributed by atoms with E-state index < -0.39 is 0 Å². The highest BCUT2D eigenvalue weighted by Crippen LogP contribution is 2.22. The normalized spacial score (nSPS) is 13.4. The maximum Gasteiger partial charge on any atom is 0.263 e. The lowest BCUT2D eigenvalue weighted by Crippen LogP contribution is -2.36. The van der Waals surface area contributed by atoms with Crippen LogP contribution in [0.25, 0.3) is 11.0 Å². The number of aryl methyl sites for hydroxylation is 2. The summed E-state index contributed by atoms with van der Waals surface area (Å²) in [5.41, 5.74) is 3.09. The lowest BCUT2D eigenvalue weighted by Gasteiger charge is -2.22. The third kappa shape index (κ3) is 3.52. The molecule has 0 aliphatic heterocycles. The zero-order chi connectivity index (χ0) is 19.7. The molecule has 2 heterocycles. The Morgan fingerprint density at radius 2 is 2.07 bits per heavy atom. The first-order valence-corrected chi connectivity index (χ1v) is 9.88. The summed E-state index contributed by atoms with van der Waals surface area (Å²) in [6, 6.07) is 9.02. The van der Waals surface area contributed by atoms with Gasteiger partial charge in [0.05, 0.1) is 5.39 Å². The molecule has 0 N–H and O–H groups in total. The van der Waals surface area contributed by atoms with Crippen molar-refractivity contribution >= 4 is 34.2 Å². The van der Waals surface area contributed by atoms with Crippen molar-refractivity contribution in [2.75, 3.05) is 11.4 Å². The number of carbonyl (C=O) groups excluding carboxylic acids is 1. The van der Waals surface area contributed by atoms with Crippen molar-refractivity contribution in [1.82, 2.24) is 14.5 Å². The number of pyridine rings is 1. The Labute approximate surface area is 167 Å². The molecule has 1 amide bonds. The second kappa shape index (κ2) is 7.72. The van der Waals surface area contributed by atoms with E-state index in [1.807, 2.05) is 19.1 Å². The van der Waals surface area contributed by atoms with Crippen LogP contribution in [0.15, 0.2) is 41.5 Å². The van der Waals surface area contributed by atoms with Gasteiger partial charge in [-0.15, -0.1) is 0 Å². The Morgan fingerprint density at radius 1 is 1.25 bits per heavy atom. The maximum absolute atomic E-state index is 12.9. The number of halogens is 1. The molecule has 7 heteroatoms. The molecule has 0 saturated heterocycles. The highest BCUT2D eigenvalue weighted by molar-refractivity contribution is 6.30. The van der Waals surface area contributed by atoms with Gasteiger partial charge < -0.3 is 4.90 Å². The molecule has 4 rings (SSSR count). The number of nitrogens with zero attached hydrogens (tertiary/aromatic N) is 4. The molecule has 1 aliphatic carbocycles. The van der Waals surface area contributed by atoms with Crippen LogP contribution in [-0.4, -0.2) is 27.0 Å². The van der Waals surface area contributed by atoms with E-state index in [1.165, 1.54) is 10.9 Å². The number of benzene rings is 1. The summed E-state index contributed by atoms with van der Waals surface area (Å²) >= 11 is 6.05. The molecule has 0 unspecified atom stereocenters. The van der Waals surface area contributed by atoms with Crippen molar-refractivity contribution in [3.05, 3.63) is 63.3 Å². The fourth-order valence-corrected chi connectivity index (χ4v) is 3.89. The largest absolute Gasteiger partial charge is 0.311 e. The van der Waals surface area contributed by atoms with E-state index in [-0.39, 0.29) is 18.0 Å². The van der Waals surface area contributed by atoms with Crippen LogP contribution in [0.4, 0.5) is 5.69 Å². The van der Waals surface area contributed by atoms with Crippen molar-refractivity contribution in [2.24, 2.45) is 0 Å². The minimum Gasteiger partial charge on any atom is -0.311 e. The summed E-state index contributed by atoms with van der Waals surface area (Å²) in [6.45, 7) is 2.28. The van der Waals surface area contributed by atoms with Crippen LogP contribution in [0.2, 0.25) is 5.02 Å². The number of anilines is 1. The summed E-state index contributed by atoms with van der Waals surface area (Å²) < 4.78 is 1.36. The fraction of sp³-hybridized carbons (Fsp3) is 0.333. The fourth-order valence-electron chi connectivity index (χ4n) is 3.70. The van der Waals surface area contributed by atoms with Crippen LogP contribution in [0.1, 0.15) is 31.0 Å². The summed E-state index contributed by atoms with van der Waals surface area (Å²) in [6.07, 6.45) is 5.51. The first kappa shape index (κ1) is 18.6. The first-order valence-electron chi connectivity index (χ1n) is 9.50. The van der Waals surface area contributed by atoms with Crippen molar-refractivity contribution < 1.29 is 4.79 Å². The molecule has 0 fully saturated rings. The van der Waals surface area contributed by atoms with E-state index in [9.17, 15) is 9.59 Å². The summed E-state index contributed by atoms with van der Waals surface area (Å²) in [5.74, 6) is -0.195. The van der Waals surface area contributed by atoms with Gasteiger partial charge in [0.2, 0.25) is 5.91 Å². The van der Waals surface area contributed by atoms with Gasteiger partial charge in [-0.2, -0.15) is 0 Å². The molecule has 2 aromatic heterocycles. The van der Waals surface area contributed by atoms with Gasteiger partial charge in [-0.1, -0.05) is 17.7 Å². The second-order valence-electron chi connectivity index (χ2n) is 6.97. The quantitative estimate of drug-likeness (QED) is 0.678. The predicted octanol–water partition coefficient (Wildman–Crippen LogP) is 3.38. The van der Waals surface area contributed by atoms with Crippen molar-refractivity contribution in [1.29, 1.82) is 0 Å². The molecule has 0 radical (unpaired) electrons. The topological polar surface area (TPSA) is 68.1 Å². The van der Waals surface area contributed by atoms with Gasteiger partial charge in [0.25, 0.3) is 5.56 Å². The van der Waals surface area contributed by atoms with E-state index in [2.05, 4.69) is 9.97 Å². The Bertz CT molecular complexity index is 1110. The van der Waals surface area contributed by atoms with Gasteiger partial charge in [-0.25, -0.2) is 9.97 Å². The molecular formula is C21H21ClN4O2. The van der Waals surface area contributed by atoms with Gasteiger partial charge in [0, 0.05) is 22.9 Å². The third-order valence-electron chi connectivity index (χ3n) is 5.13. The first-order chi connectivity index (χ1) is 13.6. The molecule has 1 aliphatic rings. The smallest absolute Gasteiger partial charge is 0.263 e. The second-order valence-corrected chi connectivity index (χ2v) is 7.40. The number of rotatable bonds is 4. The standard InChI is InChI=1S/C21H21ClN4O2/c1-2-26(16-8-5-7-15(22)11-16)19(27)12-25-13-23-20-17(21(25)28)10-14-6-3-4-9-18(14)24-20/h5,7-8,10-11,13H,2-4,6,9,12H2,1H3. The Hall–Kier alpha value is -2.73. The van der Waals surface area contributed by atoms with Crippen LogP contribution in [-0.2, 0) is 24.2 Å². The zero-order valence-corrected chi connectivity index (χ0v) is 16.4.